The molecule has 0 aliphatic heterocycles. The van der Waals surface area contributed by atoms with Crippen LogP contribution in [-0.2, 0) is 14.8 Å². The minimum atomic E-state index is -3.91. The van der Waals surface area contributed by atoms with Gasteiger partial charge in [0.15, 0.2) is 0 Å². The van der Waals surface area contributed by atoms with Gasteiger partial charge < -0.3 is 10.4 Å². The van der Waals surface area contributed by atoms with Crippen LogP contribution in [0.3, 0.4) is 0 Å². The highest BCUT2D eigenvalue weighted by molar-refractivity contribution is 7.92. The number of para-hydroxylation sites is 1. The standard InChI is InChI=1S/C16H16Cl2N2O4S/c1-16(2,22)15(21)19-13-8-7-10(9-12(13)18)25(23,24)20-14-6-4-3-5-11(14)17/h3-9,20,22H,1-2H3,(H,19,21). The second kappa shape index (κ2) is 7.21. The molecule has 9 heteroatoms. The molecule has 3 N–H and O–H groups in total. The molecule has 0 unspecified atom stereocenters. The molecular formula is C16H16Cl2N2O4S. The van der Waals surface area contributed by atoms with Gasteiger partial charge in [0.2, 0.25) is 0 Å². The lowest BCUT2D eigenvalue weighted by molar-refractivity contribution is -0.130. The molecule has 0 fully saturated rings. The second-order valence-corrected chi connectivity index (χ2v) is 8.24. The molecule has 2 aromatic rings. The van der Waals surface area contributed by atoms with Crippen LogP contribution in [0, 0.1) is 0 Å². The molecule has 0 bridgehead atoms. The number of carbonyl (C=O) groups is 1. The van der Waals surface area contributed by atoms with Gasteiger partial charge in [0.25, 0.3) is 15.9 Å². The van der Waals surface area contributed by atoms with Crippen molar-refractivity contribution < 1.29 is 18.3 Å². The first kappa shape index (κ1) is 19.5. The maximum absolute atomic E-state index is 12.4. The van der Waals surface area contributed by atoms with E-state index in [0.29, 0.717) is 0 Å². The lowest BCUT2D eigenvalue weighted by Gasteiger charge is -2.17. The molecule has 0 atom stereocenters. The van der Waals surface area contributed by atoms with Crippen LogP contribution in [0.5, 0.6) is 0 Å². The number of rotatable bonds is 5. The summed E-state index contributed by atoms with van der Waals surface area (Å²) in [5.41, 5.74) is -1.18. The Balaban J connectivity index is 2.27. The summed E-state index contributed by atoms with van der Waals surface area (Å²) in [4.78, 5) is 11.7. The average Bonchev–Trinajstić information content (AvgIpc) is 2.50. The van der Waals surface area contributed by atoms with Gasteiger partial charge in [-0.2, -0.15) is 0 Å². The number of benzene rings is 2. The molecule has 0 aromatic heterocycles. The van der Waals surface area contributed by atoms with Crippen LogP contribution in [0.1, 0.15) is 13.8 Å². The van der Waals surface area contributed by atoms with E-state index in [1.165, 1.54) is 38.1 Å². The molecule has 2 aromatic carbocycles. The van der Waals surface area contributed by atoms with Gasteiger partial charge in [-0.1, -0.05) is 35.3 Å². The van der Waals surface area contributed by atoms with Crippen LogP contribution in [0.25, 0.3) is 0 Å². The van der Waals surface area contributed by atoms with E-state index in [2.05, 4.69) is 10.0 Å². The summed E-state index contributed by atoms with van der Waals surface area (Å²) in [7, 11) is -3.91. The Labute approximate surface area is 155 Å². The van der Waals surface area contributed by atoms with Gasteiger partial charge in [0.05, 0.1) is 26.3 Å². The largest absolute Gasteiger partial charge is 0.381 e. The van der Waals surface area contributed by atoms with Gasteiger partial charge >= 0.3 is 0 Å². The van der Waals surface area contributed by atoms with Crippen molar-refractivity contribution in [2.45, 2.75) is 24.3 Å². The third kappa shape index (κ3) is 4.85. The highest BCUT2D eigenvalue weighted by Gasteiger charge is 2.25. The van der Waals surface area contributed by atoms with Crippen molar-refractivity contribution in [3.8, 4) is 0 Å². The topological polar surface area (TPSA) is 95.5 Å². The molecule has 0 radical (unpaired) electrons. The van der Waals surface area contributed by atoms with Gasteiger partial charge in [-0.05, 0) is 44.2 Å². The van der Waals surface area contributed by atoms with Crippen molar-refractivity contribution in [2.75, 3.05) is 10.0 Å². The number of carbonyl (C=O) groups excluding carboxylic acids is 1. The molecule has 0 aliphatic carbocycles. The van der Waals surface area contributed by atoms with Crippen molar-refractivity contribution in [1.29, 1.82) is 0 Å². The van der Waals surface area contributed by atoms with Crippen LogP contribution in [0.15, 0.2) is 47.4 Å². The van der Waals surface area contributed by atoms with Crippen molar-refractivity contribution in [1.82, 2.24) is 0 Å². The molecule has 0 saturated carbocycles. The van der Waals surface area contributed by atoms with Crippen molar-refractivity contribution >= 4 is 50.5 Å². The number of anilines is 2. The van der Waals surface area contributed by atoms with E-state index < -0.39 is 21.5 Å². The smallest absolute Gasteiger partial charge is 0.261 e. The molecule has 2 rings (SSSR count). The fourth-order valence-electron chi connectivity index (χ4n) is 1.79. The lowest BCUT2D eigenvalue weighted by atomic mass is 10.1. The monoisotopic (exact) mass is 402 g/mol. The van der Waals surface area contributed by atoms with Crippen LogP contribution in [0.4, 0.5) is 11.4 Å². The van der Waals surface area contributed by atoms with E-state index in [1.807, 2.05) is 0 Å². The minimum Gasteiger partial charge on any atom is -0.381 e. The van der Waals surface area contributed by atoms with Crippen LogP contribution in [-0.4, -0.2) is 25.0 Å². The van der Waals surface area contributed by atoms with E-state index in [0.717, 1.165) is 0 Å². The Bertz CT molecular complexity index is 909. The van der Waals surface area contributed by atoms with Gasteiger partial charge in [-0.25, -0.2) is 8.42 Å². The first-order valence-corrected chi connectivity index (χ1v) is 9.35. The molecule has 6 nitrogen and oxygen atoms in total. The summed E-state index contributed by atoms with van der Waals surface area (Å²) in [5.74, 6) is -0.667. The zero-order valence-corrected chi connectivity index (χ0v) is 15.7. The highest BCUT2D eigenvalue weighted by Crippen LogP contribution is 2.28. The van der Waals surface area contributed by atoms with Crippen LogP contribution < -0.4 is 10.0 Å². The molecule has 0 saturated heterocycles. The van der Waals surface area contributed by atoms with E-state index in [9.17, 15) is 18.3 Å². The van der Waals surface area contributed by atoms with Gasteiger partial charge in [-0.3, -0.25) is 9.52 Å². The summed E-state index contributed by atoms with van der Waals surface area (Å²) in [6.45, 7) is 2.64. The average molecular weight is 403 g/mol. The first-order chi connectivity index (χ1) is 11.5. The minimum absolute atomic E-state index is 0.0135. The Kier molecular flexibility index (Phi) is 5.63. The number of sulfonamides is 1. The second-order valence-electron chi connectivity index (χ2n) is 5.74. The SMILES string of the molecule is CC(C)(O)C(=O)Nc1ccc(S(=O)(=O)Nc2ccccc2Cl)cc1Cl. The highest BCUT2D eigenvalue weighted by atomic mass is 35.5. The molecule has 0 heterocycles. The van der Waals surface area contributed by atoms with Gasteiger partial charge in [0.1, 0.15) is 5.60 Å². The molecule has 0 spiro atoms. The predicted molar refractivity (Wildman–Crippen MR) is 98.6 cm³/mol. The summed E-state index contributed by atoms with van der Waals surface area (Å²) in [6.07, 6.45) is 0. The number of halogens is 2. The fraction of sp³-hybridized carbons (Fsp3) is 0.188. The third-order valence-electron chi connectivity index (χ3n) is 3.17. The maximum atomic E-state index is 12.4. The summed E-state index contributed by atoms with van der Waals surface area (Å²) >= 11 is 12.0. The van der Waals surface area contributed by atoms with Crippen molar-refractivity contribution in [2.24, 2.45) is 0 Å². The summed E-state index contributed by atoms with van der Waals surface area (Å²) in [5, 5.41) is 12.3. The molecule has 0 aliphatic rings. The Morgan fingerprint density at radius 2 is 1.68 bits per heavy atom. The van der Waals surface area contributed by atoms with Crippen LogP contribution in [0.2, 0.25) is 10.0 Å². The third-order valence-corrected chi connectivity index (χ3v) is 5.18. The van der Waals surface area contributed by atoms with Crippen LogP contribution >= 0.6 is 23.2 Å². The Morgan fingerprint density at radius 1 is 1.04 bits per heavy atom. The maximum Gasteiger partial charge on any atom is 0.261 e. The number of nitrogens with one attached hydrogen (secondary N) is 2. The van der Waals surface area contributed by atoms with Gasteiger partial charge in [0, 0.05) is 0 Å². The number of hydrogen-bond acceptors (Lipinski definition) is 4. The van der Waals surface area contributed by atoms with Gasteiger partial charge in [-0.15, -0.1) is 0 Å². The summed E-state index contributed by atoms with van der Waals surface area (Å²) < 4.78 is 27.3. The quantitative estimate of drug-likeness (QED) is 0.712. The molecule has 25 heavy (non-hydrogen) atoms. The Hall–Kier alpha value is -1.80. The molecular weight excluding hydrogens is 387 g/mol. The normalized spacial score (nSPS) is 11.9. The van der Waals surface area contributed by atoms with E-state index in [4.69, 9.17) is 23.2 Å². The zero-order valence-electron chi connectivity index (χ0n) is 13.4. The van der Waals surface area contributed by atoms with Crippen molar-refractivity contribution in [3.05, 3.63) is 52.5 Å². The van der Waals surface area contributed by atoms with E-state index in [-0.39, 0.29) is 26.3 Å². The zero-order chi connectivity index (χ0) is 18.8. The predicted octanol–water partition coefficient (Wildman–Crippen LogP) is 3.50. The number of aliphatic hydroxyl groups is 1. The molecule has 134 valence electrons. The first-order valence-electron chi connectivity index (χ1n) is 7.11. The number of amides is 1. The molecule has 1 amide bonds. The van der Waals surface area contributed by atoms with E-state index >= 15 is 0 Å². The Morgan fingerprint density at radius 3 is 2.24 bits per heavy atom. The van der Waals surface area contributed by atoms with Crippen molar-refractivity contribution in [3.63, 3.8) is 0 Å². The number of hydrogen-bond donors (Lipinski definition) is 3. The fourth-order valence-corrected chi connectivity index (χ4v) is 3.42. The van der Waals surface area contributed by atoms with E-state index in [1.54, 1.807) is 18.2 Å². The summed E-state index contributed by atoms with van der Waals surface area (Å²) in [6, 6.07) is 10.2. The lowest BCUT2D eigenvalue weighted by Crippen LogP contribution is -2.36.